The molecule has 0 bridgehead atoms. The van der Waals surface area contributed by atoms with Crippen LogP contribution in [0.25, 0.3) is 0 Å². The SMILES string of the molecule is COCc1ccccc1NS(=O)(=O)c1ccc(C(N)=S)s1. The third kappa shape index (κ3) is 3.79. The van der Waals surface area contributed by atoms with E-state index >= 15 is 0 Å². The Morgan fingerprint density at radius 1 is 1.33 bits per heavy atom. The molecule has 3 N–H and O–H groups in total. The van der Waals surface area contributed by atoms with Crippen LogP contribution < -0.4 is 10.5 Å². The molecule has 1 aromatic carbocycles. The van der Waals surface area contributed by atoms with Gasteiger partial charge in [-0.1, -0.05) is 30.4 Å². The third-order valence-corrected chi connectivity index (χ3v) is 5.98. The van der Waals surface area contributed by atoms with Crippen LogP contribution in [-0.2, 0) is 21.4 Å². The maximum Gasteiger partial charge on any atom is 0.271 e. The summed E-state index contributed by atoms with van der Waals surface area (Å²) < 4.78 is 32.5. The summed E-state index contributed by atoms with van der Waals surface area (Å²) in [5, 5.41) is 0. The van der Waals surface area contributed by atoms with Gasteiger partial charge in [0.2, 0.25) is 0 Å². The van der Waals surface area contributed by atoms with E-state index < -0.39 is 10.0 Å². The fourth-order valence-electron chi connectivity index (χ4n) is 1.69. The molecule has 0 atom stereocenters. The summed E-state index contributed by atoms with van der Waals surface area (Å²) in [7, 11) is -2.11. The number of nitrogens with one attached hydrogen (secondary N) is 1. The van der Waals surface area contributed by atoms with Crippen LogP contribution in [0.4, 0.5) is 5.69 Å². The zero-order valence-corrected chi connectivity index (χ0v) is 13.6. The number of thiophene rings is 1. The summed E-state index contributed by atoms with van der Waals surface area (Å²) in [5.74, 6) is 0. The number of thiocarbonyl (C=S) groups is 1. The lowest BCUT2D eigenvalue weighted by Gasteiger charge is -2.11. The lowest BCUT2D eigenvalue weighted by Crippen LogP contribution is -2.13. The highest BCUT2D eigenvalue weighted by molar-refractivity contribution is 7.94. The number of nitrogens with two attached hydrogens (primary N) is 1. The lowest BCUT2D eigenvalue weighted by atomic mass is 10.2. The normalized spacial score (nSPS) is 11.3. The minimum atomic E-state index is -3.67. The Morgan fingerprint density at radius 2 is 2.05 bits per heavy atom. The Balaban J connectivity index is 2.30. The minimum absolute atomic E-state index is 0.164. The van der Waals surface area contributed by atoms with Crippen LogP contribution >= 0.6 is 23.6 Å². The van der Waals surface area contributed by atoms with Crippen LogP contribution in [0, 0.1) is 0 Å². The average Bonchev–Trinajstić information content (AvgIpc) is 2.92. The summed E-state index contributed by atoms with van der Waals surface area (Å²) in [6.07, 6.45) is 0. The molecular weight excluding hydrogens is 328 g/mol. The van der Waals surface area contributed by atoms with Crippen molar-refractivity contribution in [3.05, 3.63) is 46.8 Å². The van der Waals surface area contributed by atoms with Crippen molar-refractivity contribution in [1.82, 2.24) is 0 Å². The van der Waals surface area contributed by atoms with Crippen LogP contribution in [0.1, 0.15) is 10.4 Å². The molecule has 21 heavy (non-hydrogen) atoms. The van der Waals surface area contributed by atoms with E-state index in [2.05, 4.69) is 4.72 Å². The quantitative estimate of drug-likeness (QED) is 0.788. The Kier molecular flexibility index (Phi) is 4.94. The first-order valence-corrected chi connectivity index (χ1v) is 8.64. The fourth-order valence-corrected chi connectivity index (χ4v) is 4.15. The maximum absolute atomic E-state index is 12.4. The second-order valence-corrected chi connectivity index (χ2v) is 7.61. The highest BCUT2D eigenvalue weighted by atomic mass is 32.2. The summed E-state index contributed by atoms with van der Waals surface area (Å²) in [4.78, 5) is 0.747. The fraction of sp³-hybridized carbons (Fsp3) is 0.154. The molecule has 5 nitrogen and oxygen atoms in total. The molecule has 2 rings (SSSR count). The van der Waals surface area contributed by atoms with Crippen molar-refractivity contribution in [3.8, 4) is 0 Å². The molecule has 0 spiro atoms. The molecule has 8 heteroatoms. The van der Waals surface area contributed by atoms with E-state index in [0.717, 1.165) is 16.9 Å². The first-order chi connectivity index (χ1) is 9.94. The van der Waals surface area contributed by atoms with Gasteiger partial charge in [0.25, 0.3) is 10.0 Å². The van der Waals surface area contributed by atoms with Crippen LogP contribution in [0.5, 0.6) is 0 Å². The number of sulfonamides is 1. The van der Waals surface area contributed by atoms with Gasteiger partial charge in [-0.25, -0.2) is 8.42 Å². The predicted octanol–water partition coefficient (Wildman–Crippen LogP) is 2.33. The number of benzene rings is 1. The highest BCUT2D eigenvalue weighted by Crippen LogP contribution is 2.25. The number of ether oxygens (including phenoxy) is 1. The van der Waals surface area contributed by atoms with E-state index in [-0.39, 0.29) is 9.20 Å². The number of anilines is 1. The van der Waals surface area contributed by atoms with Crippen LogP contribution in [0.3, 0.4) is 0 Å². The van der Waals surface area contributed by atoms with E-state index in [0.29, 0.717) is 17.2 Å². The topological polar surface area (TPSA) is 81.4 Å². The van der Waals surface area contributed by atoms with Crippen LogP contribution in [-0.4, -0.2) is 20.5 Å². The minimum Gasteiger partial charge on any atom is -0.389 e. The van der Waals surface area contributed by atoms with Crippen LogP contribution in [0.2, 0.25) is 0 Å². The van der Waals surface area contributed by atoms with Gasteiger partial charge in [-0.15, -0.1) is 11.3 Å². The molecule has 112 valence electrons. The van der Waals surface area contributed by atoms with Crippen molar-refractivity contribution in [2.75, 3.05) is 11.8 Å². The van der Waals surface area contributed by atoms with Gasteiger partial charge < -0.3 is 10.5 Å². The van der Waals surface area contributed by atoms with Crippen molar-refractivity contribution in [2.45, 2.75) is 10.8 Å². The molecule has 0 saturated carbocycles. The second-order valence-electron chi connectivity index (χ2n) is 4.18. The van der Waals surface area contributed by atoms with Gasteiger partial charge in [0.05, 0.1) is 17.2 Å². The molecule has 0 fully saturated rings. The Hall–Kier alpha value is -1.48. The number of hydrogen-bond donors (Lipinski definition) is 2. The molecule has 0 radical (unpaired) electrons. The zero-order valence-electron chi connectivity index (χ0n) is 11.2. The summed E-state index contributed by atoms with van der Waals surface area (Å²) in [6, 6.07) is 10.2. The Morgan fingerprint density at radius 3 is 2.67 bits per heavy atom. The van der Waals surface area contributed by atoms with Gasteiger partial charge in [0, 0.05) is 12.7 Å². The van der Waals surface area contributed by atoms with E-state index in [9.17, 15) is 8.42 Å². The standard InChI is InChI=1S/C13H14N2O3S3/c1-18-8-9-4-2-3-5-10(9)15-21(16,17)12-7-6-11(20-12)13(14)19/h2-7,15H,8H2,1H3,(H2,14,19). The molecule has 0 amide bonds. The molecular formula is C13H14N2O3S3. The number of hydrogen-bond acceptors (Lipinski definition) is 5. The molecule has 0 aliphatic carbocycles. The molecule has 0 saturated heterocycles. The first kappa shape index (κ1) is 15.9. The van der Waals surface area contributed by atoms with Crippen molar-refractivity contribution in [2.24, 2.45) is 5.73 Å². The number of methoxy groups -OCH3 is 1. The van der Waals surface area contributed by atoms with Gasteiger partial charge in [-0.2, -0.15) is 0 Å². The molecule has 0 aliphatic heterocycles. The zero-order chi connectivity index (χ0) is 15.5. The van der Waals surface area contributed by atoms with Gasteiger partial charge in [-0.3, -0.25) is 4.72 Å². The number of rotatable bonds is 6. The van der Waals surface area contributed by atoms with Gasteiger partial charge in [0.15, 0.2) is 0 Å². The van der Waals surface area contributed by atoms with Gasteiger partial charge >= 0.3 is 0 Å². The second kappa shape index (κ2) is 6.52. The van der Waals surface area contributed by atoms with Crippen molar-refractivity contribution in [1.29, 1.82) is 0 Å². The summed E-state index contributed by atoms with van der Waals surface area (Å²) in [6.45, 7) is 0.321. The molecule has 0 aliphatic rings. The monoisotopic (exact) mass is 342 g/mol. The summed E-state index contributed by atoms with van der Waals surface area (Å²) in [5.41, 5.74) is 6.75. The molecule has 2 aromatic rings. The van der Waals surface area contributed by atoms with Crippen molar-refractivity contribution in [3.63, 3.8) is 0 Å². The lowest BCUT2D eigenvalue weighted by molar-refractivity contribution is 0.185. The van der Waals surface area contributed by atoms with E-state index in [1.54, 1.807) is 31.4 Å². The number of para-hydroxylation sites is 1. The van der Waals surface area contributed by atoms with E-state index in [1.807, 2.05) is 6.07 Å². The highest BCUT2D eigenvalue weighted by Gasteiger charge is 2.18. The molecule has 1 aromatic heterocycles. The van der Waals surface area contributed by atoms with Crippen molar-refractivity contribution < 1.29 is 13.2 Å². The predicted molar refractivity (Wildman–Crippen MR) is 88.2 cm³/mol. The largest absolute Gasteiger partial charge is 0.389 e. The maximum atomic E-state index is 12.4. The average molecular weight is 342 g/mol. The van der Waals surface area contributed by atoms with Crippen LogP contribution in [0.15, 0.2) is 40.6 Å². The smallest absolute Gasteiger partial charge is 0.271 e. The Bertz CT molecular complexity index is 754. The Labute approximate surface area is 132 Å². The van der Waals surface area contributed by atoms with Gasteiger partial charge in [-0.05, 0) is 18.2 Å². The van der Waals surface area contributed by atoms with E-state index in [1.165, 1.54) is 6.07 Å². The van der Waals surface area contributed by atoms with E-state index in [4.69, 9.17) is 22.7 Å². The molecule has 0 unspecified atom stereocenters. The molecule has 1 heterocycles. The summed E-state index contributed by atoms with van der Waals surface area (Å²) >= 11 is 5.88. The first-order valence-electron chi connectivity index (χ1n) is 5.93. The van der Waals surface area contributed by atoms with Crippen molar-refractivity contribution >= 4 is 44.3 Å². The third-order valence-electron chi connectivity index (χ3n) is 2.65. The van der Waals surface area contributed by atoms with Gasteiger partial charge in [0.1, 0.15) is 9.20 Å².